The van der Waals surface area contributed by atoms with Crippen molar-refractivity contribution < 1.29 is 14.2 Å². The van der Waals surface area contributed by atoms with E-state index in [4.69, 9.17) is 14.2 Å². The lowest BCUT2D eigenvalue weighted by Gasteiger charge is -2.05. The SMILES string of the molecule is COCCOCCOCc1ccc(Br)cc1. The molecule has 0 unspecified atom stereocenters. The van der Waals surface area contributed by atoms with Gasteiger partial charge in [-0.3, -0.25) is 0 Å². The molecule has 0 saturated carbocycles. The maximum Gasteiger partial charge on any atom is 0.0718 e. The van der Waals surface area contributed by atoms with Gasteiger partial charge in [-0.25, -0.2) is 0 Å². The Bertz CT molecular complexity index is 274. The minimum Gasteiger partial charge on any atom is -0.382 e. The van der Waals surface area contributed by atoms with Crippen molar-refractivity contribution in [1.29, 1.82) is 0 Å². The molecule has 0 fully saturated rings. The molecule has 0 aromatic heterocycles. The van der Waals surface area contributed by atoms with Gasteiger partial charge < -0.3 is 14.2 Å². The van der Waals surface area contributed by atoms with Crippen molar-refractivity contribution in [3.05, 3.63) is 34.3 Å². The van der Waals surface area contributed by atoms with Crippen LogP contribution < -0.4 is 0 Å². The monoisotopic (exact) mass is 288 g/mol. The third-order valence-electron chi connectivity index (χ3n) is 1.99. The Morgan fingerprint density at radius 1 is 0.938 bits per heavy atom. The molecule has 4 heteroatoms. The normalized spacial score (nSPS) is 10.6. The Balaban J connectivity index is 2.01. The van der Waals surface area contributed by atoms with Crippen molar-refractivity contribution in [3.63, 3.8) is 0 Å². The molecule has 16 heavy (non-hydrogen) atoms. The van der Waals surface area contributed by atoms with Gasteiger partial charge in [-0.2, -0.15) is 0 Å². The number of rotatable bonds is 8. The zero-order valence-corrected chi connectivity index (χ0v) is 11.0. The Labute approximate surface area is 105 Å². The highest BCUT2D eigenvalue weighted by Crippen LogP contribution is 2.10. The van der Waals surface area contributed by atoms with Crippen LogP contribution >= 0.6 is 15.9 Å². The summed E-state index contributed by atoms with van der Waals surface area (Å²) in [6, 6.07) is 8.09. The maximum atomic E-state index is 5.46. The van der Waals surface area contributed by atoms with E-state index in [1.807, 2.05) is 24.3 Å². The van der Waals surface area contributed by atoms with Gasteiger partial charge in [0.25, 0.3) is 0 Å². The fourth-order valence-electron chi connectivity index (χ4n) is 1.13. The van der Waals surface area contributed by atoms with Crippen LogP contribution in [0.15, 0.2) is 28.7 Å². The highest BCUT2D eigenvalue weighted by atomic mass is 79.9. The quantitative estimate of drug-likeness (QED) is 0.689. The van der Waals surface area contributed by atoms with E-state index >= 15 is 0 Å². The molecule has 0 heterocycles. The average molecular weight is 289 g/mol. The summed E-state index contributed by atoms with van der Waals surface area (Å²) in [6.07, 6.45) is 0. The molecule has 0 radical (unpaired) electrons. The van der Waals surface area contributed by atoms with Gasteiger partial charge in [-0.1, -0.05) is 28.1 Å². The van der Waals surface area contributed by atoms with Gasteiger partial charge in [0, 0.05) is 11.6 Å². The van der Waals surface area contributed by atoms with Gasteiger partial charge in [0.05, 0.1) is 33.0 Å². The molecule has 0 N–H and O–H groups in total. The van der Waals surface area contributed by atoms with Crippen LogP contribution in [0.1, 0.15) is 5.56 Å². The lowest BCUT2D eigenvalue weighted by molar-refractivity contribution is 0.0199. The average Bonchev–Trinajstić information content (AvgIpc) is 2.30. The predicted octanol–water partition coefficient (Wildman–Crippen LogP) is 2.63. The highest BCUT2D eigenvalue weighted by Gasteiger charge is 1.93. The first kappa shape index (κ1) is 13.6. The molecule has 0 spiro atoms. The smallest absolute Gasteiger partial charge is 0.0718 e. The van der Waals surface area contributed by atoms with Crippen molar-refractivity contribution in [1.82, 2.24) is 0 Å². The van der Waals surface area contributed by atoms with E-state index in [1.165, 1.54) is 5.56 Å². The third kappa shape index (κ3) is 6.23. The molecule has 3 nitrogen and oxygen atoms in total. The molecule has 0 atom stereocenters. The second-order valence-corrected chi connectivity index (χ2v) is 4.20. The molecular formula is C12H17BrO3. The summed E-state index contributed by atoms with van der Waals surface area (Å²) in [5.41, 5.74) is 1.17. The zero-order chi connectivity index (χ0) is 11.6. The molecule has 1 aromatic carbocycles. The molecule has 0 aliphatic carbocycles. The Hall–Kier alpha value is -0.420. The fourth-order valence-corrected chi connectivity index (χ4v) is 1.40. The van der Waals surface area contributed by atoms with Crippen molar-refractivity contribution in [3.8, 4) is 0 Å². The summed E-state index contributed by atoms with van der Waals surface area (Å²) in [7, 11) is 1.66. The molecule has 1 aromatic rings. The van der Waals surface area contributed by atoms with Crippen molar-refractivity contribution in [2.45, 2.75) is 6.61 Å². The van der Waals surface area contributed by atoms with Crippen molar-refractivity contribution in [2.24, 2.45) is 0 Å². The van der Waals surface area contributed by atoms with E-state index in [2.05, 4.69) is 15.9 Å². The van der Waals surface area contributed by atoms with Crippen LogP contribution in [0.2, 0.25) is 0 Å². The van der Waals surface area contributed by atoms with E-state index < -0.39 is 0 Å². The minimum atomic E-state index is 0.611. The van der Waals surface area contributed by atoms with E-state index in [-0.39, 0.29) is 0 Å². The molecule has 0 aliphatic heterocycles. The molecule has 0 saturated heterocycles. The largest absolute Gasteiger partial charge is 0.382 e. The van der Waals surface area contributed by atoms with Crippen LogP contribution in [-0.4, -0.2) is 33.5 Å². The van der Waals surface area contributed by atoms with E-state index in [0.29, 0.717) is 33.0 Å². The van der Waals surface area contributed by atoms with Crippen molar-refractivity contribution in [2.75, 3.05) is 33.5 Å². The van der Waals surface area contributed by atoms with Gasteiger partial charge in [0.15, 0.2) is 0 Å². The third-order valence-corrected chi connectivity index (χ3v) is 2.51. The first-order valence-electron chi connectivity index (χ1n) is 5.22. The summed E-state index contributed by atoms with van der Waals surface area (Å²) < 4.78 is 16.7. The number of methoxy groups -OCH3 is 1. The van der Waals surface area contributed by atoms with Crippen molar-refractivity contribution >= 4 is 15.9 Å². The molecule has 0 amide bonds. The highest BCUT2D eigenvalue weighted by molar-refractivity contribution is 9.10. The summed E-state index contributed by atoms with van der Waals surface area (Å²) >= 11 is 3.39. The lowest BCUT2D eigenvalue weighted by atomic mass is 10.2. The Morgan fingerprint density at radius 2 is 1.56 bits per heavy atom. The van der Waals surface area contributed by atoms with Gasteiger partial charge in [0.2, 0.25) is 0 Å². The van der Waals surface area contributed by atoms with Crippen LogP contribution in [0.25, 0.3) is 0 Å². The second-order valence-electron chi connectivity index (χ2n) is 3.28. The second kappa shape index (κ2) is 8.70. The topological polar surface area (TPSA) is 27.7 Å². The van der Waals surface area contributed by atoms with Gasteiger partial charge in [-0.05, 0) is 17.7 Å². The zero-order valence-electron chi connectivity index (χ0n) is 9.45. The van der Waals surface area contributed by atoms with Gasteiger partial charge >= 0.3 is 0 Å². The predicted molar refractivity (Wildman–Crippen MR) is 66.5 cm³/mol. The van der Waals surface area contributed by atoms with Crippen LogP contribution in [0.4, 0.5) is 0 Å². The summed E-state index contributed by atoms with van der Waals surface area (Å²) in [5, 5.41) is 0. The van der Waals surface area contributed by atoms with Crippen LogP contribution in [-0.2, 0) is 20.8 Å². The van der Waals surface area contributed by atoms with E-state index in [9.17, 15) is 0 Å². The first-order chi connectivity index (χ1) is 7.83. The maximum absolute atomic E-state index is 5.46. The molecule has 1 rings (SSSR count). The molecular weight excluding hydrogens is 272 g/mol. The van der Waals surface area contributed by atoms with Crippen LogP contribution in [0.5, 0.6) is 0 Å². The first-order valence-corrected chi connectivity index (χ1v) is 6.01. The van der Waals surface area contributed by atoms with E-state index in [0.717, 1.165) is 4.47 Å². The number of halogens is 1. The lowest BCUT2D eigenvalue weighted by Crippen LogP contribution is -2.08. The molecule has 0 aliphatic rings. The minimum absolute atomic E-state index is 0.611. The van der Waals surface area contributed by atoms with Crippen LogP contribution in [0.3, 0.4) is 0 Å². The summed E-state index contributed by atoms with van der Waals surface area (Å²) in [6.45, 7) is 3.10. The standard InChI is InChI=1S/C12H17BrO3/c1-14-6-7-15-8-9-16-10-11-2-4-12(13)5-3-11/h2-5H,6-10H2,1H3. The summed E-state index contributed by atoms with van der Waals surface area (Å²) in [4.78, 5) is 0. The number of benzene rings is 1. The number of ether oxygens (including phenoxy) is 3. The van der Waals surface area contributed by atoms with Gasteiger partial charge in [-0.15, -0.1) is 0 Å². The molecule has 0 bridgehead atoms. The van der Waals surface area contributed by atoms with Crippen LogP contribution in [0, 0.1) is 0 Å². The fraction of sp³-hybridized carbons (Fsp3) is 0.500. The van der Waals surface area contributed by atoms with Gasteiger partial charge in [0.1, 0.15) is 0 Å². The Kier molecular flexibility index (Phi) is 7.42. The number of hydrogen-bond donors (Lipinski definition) is 0. The summed E-state index contributed by atoms with van der Waals surface area (Å²) in [5.74, 6) is 0. The Morgan fingerprint density at radius 3 is 2.25 bits per heavy atom. The van der Waals surface area contributed by atoms with E-state index in [1.54, 1.807) is 7.11 Å². The molecule has 90 valence electrons. The number of hydrogen-bond acceptors (Lipinski definition) is 3.